The Balaban J connectivity index is 1.49. The minimum atomic E-state index is -0.843. The zero-order valence-corrected chi connectivity index (χ0v) is 20.6. The molecule has 6 nitrogen and oxygen atoms in total. The van der Waals surface area contributed by atoms with E-state index >= 15 is 0 Å². The molecule has 0 aromatic heterocycles. The lowest BCUT2D eigenvalue weighted by Gasteiger charge is -2.44. The maximum Gasteiger partial charge on any atom is 0.225 e. The van der Waals surface area contributed by atoms with Crippen molar-refractivity contribution in [1.82, 2.24) is 9.80 Å². The number of rotatable bonds is 6. The van der Waals surface area contributed by atoms with E-state index in [0.717, 1.165) is 57.2 Å². The molecule has 33 heavy (non-hydrogen) atoms. The summed E-state index contributed by atoms with van der Waals surface area (Å²) in [6.45, 7) is 5.17. The van der Waals surface area contributed by atoms with Gasteiger partial charge in [-0.1, -0.05) is 30.9 Å². The first kappa shape index (κ1) is 24.3. The highest BCUT2D eigenvalue weighted by Crippen LogP contribution is 2.31. The summed E-state index contributed by atoms with van der Waals surface area (Å²) in [5.74, 6) is 1.11. The van der Waals surface area contributed by atoms with E-state index in [2.05, 4.69) is 0 Å². The van der Waals surface area contributed by atoms with Crippen molar-refractivity contribution in [2.75, 3.05) is 39.4 Å². The number of halogens is 1. The van der Waals surface area contributed by atoms with E-state index in [1.54, 1.807) is 0 Å². The fourth-order valence-electron chi connectivity index (χ4n) is 5.34. The highest BCUT2D eigenvalue weighted by atomic mass is 35.5. The third kappa shape index (κ3) is 6.21. The minimum Gasteiger partial charge on any atom is -0.490 e. The summed E-state index contributed by atoms with van der Waals surface area (Å²) in [7, 11) is 0. The second-order valence-electron chi connectivity index (χ2n) is 9.94. The fraction of sp³-hybridized carbons (Fsp3) is 0.692. The summed E-state index contributed by atoms with van der Waals surface area (Å²) >= 11 is 6.16. The first-order chi connectivity index (χ1) is 16.0. The first-order valence-corrected chi connectivity index (χ1v) is 12.9. The van der Waals surface area contributed by atoms with Crippen LogP contribution in [0.15, 0.2) is 18.2 Å². The summed E-state index contributed by atoms with van der Waals surface area (Å²) in [5.41, 5.74) is 0.0938. The fourth-order valence-corrected chi connectivity index (χ4v) is 5.46. The molecule has 2 aliphatic heterocycles. The van der Waals surface area contributed by atoms with Gasteiger partial charge in [-0.3, -0.25) is 9.59 Å². The van der Waals surface area contributed by atoms with Gasteiger partial charge in [-0.15, -0.1) is 0 Å². The van der Waals surface area contributed by atoms with Crippen molar-refractivity contribution in [2.45, 2.75) is 70.3 Å². The van der Waals surface area contributed by atoms with E-state index < -0.39 is 5.60 Å². The van der Waals surface area contributed by atoms with E-state index in [4.69, 9.17) is 21.1 Å². The van der Waals surface area contributed by atoms with E-state index in [-0.39, 0.29) is 30.8 Å². The highest BCUT2D eigenvalue weighted by Gasteiger charge is 2.43. The number of piperidine rings is 1. The van der Waals surface area contributed by atoms with E-state index in [9.17, 15) is 9.59 Å². The number of morpholine rings is 1. The number of ether oxygens (including phenoxy) is 2. The molecule has 0 bridgehead atoms. The number of likely N-dealkylation sites (tertiary alicyclic amines) is 1. The quantitative estimate of drug-likeness (QED) is 0.601. The van der Waals surface area contributed by atoms with Crippen LogP contribution < -0.4 is 4.74 Å². The molecule has 1 atom stereocenters. The van der Waals surface area contributed by atoms with Crippen LogP contribution in [-0.2, 0) is 14.3 Å². The van der Waals surface area contributed by atoms with Gasteiger partial charge in [0.25, 0.3) is 0 Å². The van der Waals surface area contributed by atoms with Crippen molar-refractivity contribution < 1.29 is 19.1 Å². The molecule has 1 saturated carbocycles. The summed E-state index contributed by atoms with van der Waals surface area (Å²) < 4.78 is 12.4. The summed E-state index contributed by atoms with van der Waals surface area (Å²) in [4.78, 5) is 30.4. The molecular weight excluding hydrogens is 440 g/mol. The topological polar surface area (TPSA) is 59.1 Å². The minimum absolute atomic E-state index is 0.0950. The van der Waals surface area contributed by atoms with E-state index in [0.29, 0.717) is 30.5 Å². The van der Waals surface area contributed by atoms with Gasteiger partial charge in [-0.05, 0) is 62.8 Å². The second-order valence-corrected chi connectivity index (χ2v) is 10.4. The summed E-state index contributed by atoms with van der Waals surface area (Å²) in [6, 6.07) is 5.55. The molecule has 1 aromatic rings. The molecule has 0 unspecified atom stereocenters. The summed E-state index contributed by atoms with van der Waals surface area (Å²) in [6.07, 6.45) is 8.90. The van der Waals surface area contributed by atoms with Crippen LogP contribution in [0, 0.1) is 12.8 Å². The van der Waals surface area contributed by atoms with Crippen molar-refractivity contribution in [3.63, 3.8) is 0 Å². The molecular formula is C26H37ClN2O4. The van der Waals surface area contributed by atoms with Gasteiger partial charge in [0.2, 0.25) is 11.8 Å². The van der Waals surface area contributed by atoms with Gasteiger partial charge >= 0.3 is 0 Å². The largest absolute Gasteiger partial charge is 0.490 e. The second kappa shape index (κ2) is 11.1. The standard InChI is InChI=1S/C26H37ClN2O4/c1-20-16-22(10-11-23(20)27)32-19-26(17-24(30)28-12-6-3-7-13-28)18-29(14-15-33-26)25(31)21-8-4-2-5-9-21/h10-11,16,21H,2-9,12-15,17-19H2,1H3/t26-/m1/s1. The Morgan fingerprint density at radius 3 is 2.52 bits per heavy atom. The maximum atomic E-state index is 13.3. The Kier molecular flexibility index (Phi) is 8.18. The van der Waals surface area contributed by atoms with Crippen LogP contribution in [0.25, 0.3) is 0 Å². The lowest BCUT2D eigenvalue weighted by atomic mass is 9.87. The number of hydrogen-bond acceptors (Lipinski definition) is 4. The number of carbonyl (C=O) groups excluding carboxylic acids is 2. The molecule has 4 rings (SSSR count). The van der Waals surface area contributed by atoms with E-state index in [1.165, 1.54) is 12.8 Å². The Morgan fingerprint density at radius 1 is 1.06 bits per heavy atom. The maximum absolute atomic E-state index is 13.3. The monoisotopic (exact) mass is 476 g/mol. The predicted octanol–water partition coefficient (Wildman–Crippen LogP) is 4.61. The number of aryl methyl sites for hydroxylation is 1. The molecule has 3 fully saturated rings. The van der Waals surface area contributed by atoms with Crippen LogP contribution in [0.4, 0.5) is 0 Å². The Morgan fingerprint density at radius 2 is 1.79 bits per heavy atom. The van der Waals surface area contributed by atoms with Crippen LogP contribution in [-0.4, -0.2) is 66.6 Å². The average molecular weight is 477 g/mol. The average Bonchev–Trinajstić information content (AvgIpc) is 2.85. The SMILES string of the molecule is Cc1cc(OC[C@@]2(CC(=O)N3CCCCC3)CN(C(=O)C3CCCCC3)CCO2)ccc1Cl. The zero-order chi connectivity index (χ0) is 23.3. The Labute approximate surface area is 202 Å². The van der Waals surface area contributed by atoms with Gasteiger partial charge in [0.15, 0.2) is 0 Å². The van der Waals surface area contributed by atoms with Crippen LogP contribution in [0.5, 0.6) is 5.75 Å². The van der Waals surface area contributed by atoms with Gasteiger partial charge in [-0.2, -0.15) is 0 Å². The van der Waals surface area contributed by atoms with Crippen molar-refractivity contribution in [1.29, 1.82) is 0 Å². The molecule has 2 saturated heterocycles. The van der Waals surface area contributed by atoms with Gasteiger partial charge < -0.3 is 19.3 Å². The van der Waals surface area contributed by atoms with Gasteiger partial charge in [0.1, 0.15) is 18.0 Å². The molecule has 0 radical (unpaired) electrons. The third-order valence-electron chi connectivity index (χ3n) is 7.33. The zero-order valence-electron chi connectivity index (χ0n) is 19.8. The predicted molar refractivity (Wildman–Crippen MR) is 129 cm³/mol. The lowest BCUT2D eigenvalue weighted by Crippen LogP contribution is -2.59. The molecule has 3 aliphatic rings. The van der Waals surface area contributed by atoms with Gasteiger partial charge in [0, 0.05) is 30.6 Å². The smallest absolute Gasteiger partial charge is 0.225 e. The number of nitrogens with zero attached hydrogens (tertiary/aromatic N) is 2. The molecule has 2 amide bonds. The Hall–Kier alpha value is -1.79. The number of amides is 2. The van der Waals surface area contributed by atoms with Crippen molar-refractivity contribution >= 4 is 23.4 Å². The first-order valence-electron chi connectivity index (χ1n) is 12.6. The van der Waals surface area contributed by atoms with E-state index in [1.807, 2.05) is 34.9 Å². The van der Waals surface area contributed by atoms with Crippen molar-refractivity contribution in [3.8, 4) is 5.75 Å². The van der Waals surface area contributed by atoms with Crippen molar-refractivity contribution in [2.24, 2.45) is 5.92 Å². The van der Waals surface area contributed by atoms with Crippen LogP contribution in [0.1, 0.15) is 63.4 Å². The van der Waals surface area contributed by atoms with Crippen LogP contribution in [0.2, 0.25) is 5.02 Å². The number of benzene rings is 1. The normalized spacial score (nSPS) is 24.5. The molecule has 1 aliphatic carbocycles. The van der Waals surface area contributed by atoms with Crippen LogP contribution >= 0.6 is 11.6 Å². The molecule has 0 N–H and O–H groups in total. The molecule has 0 spiro atoms. The summed E-state index contributed by atoms with van der Waals surface area (Å²) in [5, 5.41) is 0.690. The van der Waals surface area contributed by atoms with Crippen LogP contribution in [0.3, 0.4) is 0 Å². The number of hydrogen-bond donors (Lipinski definition) is 0. The number of carbonyl (C=O) groups is 2. The molecule has 7 heteroatoms. The Bertz CT molecular complexity index is 836. The van der Waals surface area contributed by atoms with Crippen molar-refractivity contribution in [3.05, 3.63) is 28.8 Å². The highest BCUT2D eigenvalue weighted by molar-refractivity contribution is 6.31. The molecule has 182 valence electrons. The molecule has 2 heterocycles. The lowest BCUT2D eigenvalue weighted by molar-refractivity contribution is -0.169. The third-order valence-corrected chi connectivity index (χ3v) is 7.75. The van der Waals surface area contributed by atoms with Gasteiger partial charge in [0.05, 0.1) is 19.6 Å². The van der Waals surface area contributed by atoms with Gasteiger partial charge in [-0.25, -0.2) is 0 Å². The molecule has 1 aromatic carbocycles.